The lowest BCUT2D eigenvalue weighted by atomic mass is 10.0. The molecule has 192 valence electrons. The van der Waals surface area contributed by atoms with Crippen molar-refractivity contribution in [2.75, 3.05) is 17.6 Å². The fourth-order valence-corrected chi connectivity index (χ4v) is 4.19. The summed E-state index contributed by atoms with van der Waals surface area (Å²) in [6.45, 7) is 0.735. The zero-order chi connectivity index (χ0) is 25.8. The zero-order valence-corrected chi connectivity index (χ0v) is 20.1. The fraction of sp³-hybridized carbons (Fsp3) is 0.375. The Morgan fingerprint density at radius 3 is 2.58 bits per heavy atom. The third-order valence-corrected chi connectivity index (χ3v) is 6.14. The van der Waals surface area contributed by atoms with Crippen LogP contribution in [0.25, 0.3) is 0 Å². The molecule has 1 N–H and O–H groups in total. The Morgan fingerprint density at radius 1 is 1.08 bits per heavy atom. The lowest BCUT2D eigenvalue weighted by Gasteiger charge is -2.14. The first-order chi connectivity index (χ1) is 17.3. The molecule has 3 aromatic rings. The molecule has 0 saturated heterocycles. The number of nitrogens with zero attached hydrogens (tertiary/aromatic N) is 3. The van der Waals surface area contributed by atoms with Gasteiger partial charge in [-0.05, 0) is 43.0 Å². The van der Waals surface area contributed by atoms with Crippen molar-refractivity contribution in [2.24, 2.45) is 5.92 Å². The number of hydrogen-bond acceptors (Lipinski definition) is 9. The molecule has 0 aliphatic heterocycles. The van der Waals surface area contributed by atoms with Gasteiger partial charge in [0.15, 0.2) is 5.82 Å². The molecule has 12 heteroatoms. The fourth-order valence-electron chi connectivity index (χ4n) is 3.17. The van der Waals surface area contributed by atoms with E-state index in [1.807, 2.05) is 48.5 Å². The maximum atomic E-state index is 12.4. The number of pyridine rings is 1. The molecule has 0 fully saturated rings. The summed E-state index contributed by atoms with van der Waals surface area (Å²) in [5.74, 6) is -2.32. The predicted molar refractivity (Wildman–Crippen MR) is 126 cm³/mol. The van der Waals surface area contributed by atoms with Gasteiger partial charge in [-0.3, -0.25) is 4.79 Å². The van der Waals surface area contributed by atoms with Crippen molar-refractivity contribution in [3.63, 3.8) is 0 Å². The first kappa shape index (κ1) is 27.2. The van der Waals surface area contributed by atoms with Crippen LogP contribution in [0.3, 0.4) is 0 Å². The first-order valence-electron chi connectivity index (χ1n) is 11.3. The zero-order valence-electron chi connectivity index (χ0n) is 19.2. The smallest absolute Gasteiger partial charge is 0.386 e. The van der Waals surface area contributed by atoms with E-state index in [1.165, 1.54) is 11.8 Å². The topological polar surface area (TPSA) is 107 Å². The molecule has 2 heterocycles. The van der Waals surface area contributed by atoms with Crippen molar-refractivity contribution in [3.8, 4) is 0 Å². The van der Waals surface area contributed by atoms with Gasteiger partial charge in [0.2, 0.25) is 5.89 Å². The quantitative estimate of drug-likeness (QED) is 0.146. The second-order valence-electron chi connectivity index (χ2n) is 7.86. The summed E-state index contributed by atoms with van der Waals surface area (Å²) in [6, 6.07) is 14.9. The summed E-state index contributed by atoms with van der Waals surface area (Å²) in [5.41, 5.74) is 0. The number of alkyl halides is 3. The van der Waals surface area contributed by atoms with Gasteiger partial charge in [-0.15, -0.1) is 11.8 Å². The number of carbonyl (C=O) groups is 2. The Kier molecular flexibility index (Phi) is 10.3. The van der Waals surface area contributed by atoms with E-state index >= 15 is 0 Å². The van der Waals surface area contributed by atoms with Gasteiger partial charge in [0.05, 0.1) is 6.42 Å². The van der Waals surface area contributed by atoms with Crippen molar-refractivity contribution >= 4 is 29.5 Å². The van der Waals surface area contributed by atoms with Gasteiger partial charge in [-0.1, -0.05) is 29.4 Å². The Hall–Kier alpha value is -3.41. The van der Waals surface area contributed by atoms with Crippen LogP contribution >= 0.6 is 11.8 Å². The number of benzene rings is 1. The van der Waals surface area contributed by atoms with Crippen LogP contribution in [0.5, 0.6) is 0 Å². The highest BCUT2D eigenvalue weighted by molar-refractivity contribution is 7.99. The third-order valence-electron chi connectivity index (χ3n) is 4.89. The molecule has 0 saturated carbocycles. The minimum Gasteiger partial charge on any atom is -0.386 e. The molecular weight excluding hydrogens is 497 g/mol. The Bertz CT molecular complexity index is 1100. The Labute approximate surface area is 210 Å². The maximum Gasteiger partial charge on any atom is 0.491 e. The molecule has 0 amide bonds. The van der Waals surface area contributed by atoms with Crippen molar-refractivity contribution in [3.05, 3.63) is 66.4 Å². The van der Waals surface area contributed by atoms with E-state index in [0.29, 0.717) is 18.0 Å². The molecule has 36 heavy (non-hydrogen) atoms. The van der Waals surface area contributed by atoms with E-state index < -0.39 is 30.5 Å². The highest BCUT2D eigenvalue weighted by Gasteiger charge is 2.42. The Balaban J connectivity index is 1.50. The number of ether oxygens (including phenoxy) is 1. The van der Waals surface area contributed by atoms with E-state index in [2.05, 4.69) is 25.2 Å². The van der Waals surface area contributed by atoms with Crippen molar-refractivity contribution in [1.82, 2.24) is 15.1 Å². The van der Waals surface area contributed by atoms with Crippen LogP contribution in [0.15, 0.2) is 64.1 Å². The van der Waals surface area contributed by atoms with Gasteiger partial charge in [-0.2, -0.15) is 18.2 Å². The number of thioether (sulfide) groups is 1. The molecule has 0 aliphatic carbocycles. The summed E-state index contributed by atoms with van der Waals surface area (Å²) >= 11 is 1.42. The van der Waals surface area contributed by atoms with Gasteiger partial charge in [0.25, 0.3) is 0 Å². The van der Waals surface area contributed by atoms with Crippen LogP contribution in [-0.2, 0) is 27.2 Å². The minimum absolute atomic E-state index is 0.156. The van der Waals surface area contributed by atoms with E-state index in [1.54, 1.807) is 6.20 Å². The van der Waals surface area contributed by atoms with Gasteiger partial charge >= 0.3 is 18.1 Å². The normalized spacial score (nSPS) is 12.2. The van der Waals surface area contributed by atoms with Crippen LogP contribution in [0.2, 0.25) is 0 Å². The van der Waals surface area contributed by atoms with Crippen LogP contribution in [0.4, 0.5) is 19.0 Å². The molecule has 0 bridgehead atoms. The molecule has 0 radical (unpaired) electrons. The van der Waals surface area contributed by atoms with E-state index in [0.717, 1.165) is 30.1 Å². The number of esters is 2. The molecule has 2 aromatic heterocycles. The number of anilines is 1. The number of nitrogens with one attached hydrogen (secondary N) is 1. The van der Waals surface area contributed by atoms with Crippen molar-refractivity contribution in [1.29, 1.82) is 0 Å². The molecule has 3 rings (SSSR count). The first-order valence-corrected chi connectivity index (χ1v) is 12.2. The molecule has 1 atom stereocenters. The molecule has 0 aliphatic rings. The summed E-state index contributed by atoms with van der Waals surface area (Å²) in [6.07, 6.45) is -1.53. The van der Waals surface area contributed by atoms with E-state index in [4.69, 9.17) is 4.52 Å². The highest BCUT2D eigenvalue weighted by Crippen LogP contribution is 2.25. The van der Waals surface area contributed by atoms with Gasteiger partial charge in [-0.25, -0.2) is 9.78 Å². The number of halogens is 3. The SMILES string of the molecule is O=C(CC(CSc1ccccc1)Cc1nc(CCCCNc2ccccn2)no1)OC(=O)C(F)(F)F. The summed E-state index contributed by atoms with van der Waals surface area (Å²) in [5, 5.41) is 7.17. The monoisotopic (exact) mass is 522 g/mol. The standard InChI is InChI=1S/C24H25F3N4O4S/c25-24(26,27)23(33)34-22(32)15-17(16-36-18-8-2-1-3-9-18)14-21-30-20(31-35-21)11-5-7-13-29-19-10-4-6-12-28-19/h1-4,6,8-10,12,17H,5,7,11,13-16H2,(H,28,29). The summed E-state index contributed by atoms with van der Waals surface area (Å²) in [7, 11) is 0. The number of carbonyl (C=O) groups excluding carboxylic acids is 2. The average Bonchev–Trinajstić information content (AvgIpc) is 3.30. The second-order valence-corrected chi connectivity index (χ2v) is 8.95. The van der Waals surface area contributed by atoms with Crippen molar-refractivity contribution in [2.45, 2.75) is 43.2 Å². The third kappa shape index (κ3) is 9.68. The lowest BCUT2D eigenvalue weighted by Crippen LogP contribution is -2.29. The molecule has 8 nitrogen and oxygen atoms in total. The highest BCUT2D eigenvalue weighted by atomic mass is 32.2. The van der Waals surface area contributed by atoms with E-state index in [9.17, 15) is 22.8 Å². The summed E-state index contributed by atoms with van der Waals surface area (Å²) in [4.78, 5) is 32.5. The van der Waals surface area contributed by atoms with E-state index in [-0.39, 0.29) is 12.3 Å². The molecular formula is C24H25F3N4O4S. The van der Waals surface area contributed by atoms with Crippen LogP contribution < -0.4 is 5.32 Å². The number of unbranched alkanes of at least 4 members (excludes halogenated alkanes) is 1. The maximum absolute atomic E-state index is 12.4. The van der Waals surface area contributed by atoms with Crippen LogP contribution in [0, 0.1) is 5.92 Å². The van der Waals surface area contributed by atoms with Gasteiger partial charge in [0, 0.05) is 36.2 Å². The van der Waals surface area contributed by atoms with Gasteiger partial charge in [0.1, 0.15) is 5.82 Å². The number of aryl methyl sites for hydroxylation is 1. The molecule has 1 aromatic carbocycles. The van der Waals surface area contributed by atoms with Crippen molar-refractivity contribution < 1.29 is 32.0 Å². The molecule has 0 spiro atoms. The number of aromatic nitrogens is 3. The summed E-state index contributed by atoms with van der Waals surface area (Å²) < 4.78 is 46.5. The van der Waals surface area contributed by atoms with Crippen LogP contribution in [-0.4, -0.2) is 45.5 Å². The molecule has 1 unspecified atom stereocenters. The second kappa shape index (κ2) is 13.6. The number of hydrogen-bond donors (Lipinski definition) is 1. The van der Waals surface area contributed by atoms with Gasteiger partial charge < -0.3 is 14.6 Å². The largest absolute Gasteiger partial charge is 0.491 e. The Morgan fingerprint density at radius 2 is 1.86 bits per heavy atom. The lowest BCUT2D eigenvalue weighted by molar-refractivity contribution is -0.202. The number of rotatable bonds is 13. The average molecular weight is 523 g/mol. The minimum atomic E-state index is -5.24. The van der Waals surface area contributed by atoms with Crippen LogP contribution in [0.1, 0.15) is 31.0 Å². The predicted octanol–water partition coefficient (Wildman–Crippen LogP) is 4.87.